The number of imidazole rings is 1. The molecule has 0 aromatic carbocycles. The lowest BCUT2D eigenvalue weighted by molar-refractivity contribution is -0.124. The van der Waals surface area contributed by atoms with Gasteiger partial charge in [-0.05, 0) is 13.8 Å². The average molecular weight is 208 g/mol. The van der Waals surface area contributed by atoms with Gasteiger partial charge in [-0.15, -0.1) is 0 Å². The van der Waals surface area contributed by atoms with Crippen molar-refractivity contribution in [3.63, 3.8) is 0 Å². The molecule has 0 saturated carbocycles. The summed E-state index contributed by atoms with van der Waals surface area (Å²) < 4.78 is 1.98. The third-order valence-electron chi connectivity index (χ3n) is 2.81. The molecule has 5 heteroatoms. The third kappa shape index (κ3) is 1.87. The molecule has 0 bridgehead atoms. The van der Waals surface area contributed by atoms with E-state index in [1.54, 1.807) is 0 Å². The first-order chi connectivity index (χ1) is 7.08. The average Bonchev–Trinajstić information content (AvgIpc) is 2.52. The first kappa shape index (κ1) is 10.2. The standard InChI is InChI=1S/C10H16N4O/c1-6-10(15)11-4-8(12-6)9-5-14(3)7(2)13-9/h5-6,8,12H,4H2,1-3H3,(H,11,15). The van der Waals surface area contributed by atoms with Gasteiger partial charge >= 0.3 is 0 Å². The highest BCUT2D eigenvalue weighted by molar-refractivity contribution is 5.82. The maximum absolute atomic E-state index is 11.2. The van der Waals surface area contributed by atoms with Crippen molar-refractivity contribution in [3.8, 4) is 0 Å². The van der Waals surface area contributed by atoms with E-state index >= 15 is 0 Å². The lowest BCUT2D eigenvalue weighted by atomic mass is 10.1. The number of carbonyl (C=O) groups is 1. The van der Waals surface area contributed by atoms with Crippen molar-refractivity contribution in [1.29, 1.82) is 0 Å². The Morgan fingerprint density at radius 3 is 2.87 bits per heavy atom. The van der Waals surface area contributed by atoms with Crippen molar-refractivity contribution in [2.24, 2.45) is 7.05 Å². The molecular formula is C10H16N4O. The molecule has 5 nitrogen and oxygen atoms in total. The largest absolute Gasteiger partial charge is 0.353 e. The highest BCUT2D eigenvalue weighted by Gasteiger charge is 2.26. The summed E-state index contributed by atoms with van der Waals surface area (Å²) in [6.07, 6.45) is 2.00. The topological polar surface area (TPSA) is 59.0 Å². The summed E-state index contributed by atoms with van der Waals surface area (Å²) in [5, 5.41) is 6.09. The van der Waals surface area contributed by atoms with Gasteiger partial charge in [-0.3, -0.25) is 10.1 Å². The van der Waals surface area contributed by atoms with Crippen LogP contribution in [-0.2, 0) is 11.8 Å². The molecule has 1 aromatic heterocycles. The van der Waals surface area contributed by atoms with Gasteiger partial charge in [0.2, 0.25) is 5.91 Å². The van der Waals surface area contributed by atoms with Crippen molar-refractivity contribution in [1.82, 2.24) is 20.2 Å². The molecule has 2 unspecified atom stereocenters. The molecule has 1 saturated heterocycles. The quantitative estimate of drug-likeness (QED) is 0.676. The molecule has 1 aromatic rings. The molecule has 0 aliphatic carbocycles. The van der Waals surface area contributed by atoms with E-state index in [0.29, 0.717) is 6.54 Å². The second-order valence-corrected chi connectivity index (χ2v) is 4.01. The summed E-state index contributed by atoms with van der Waals surface area (Å²) in [5.41, 5.74) is 0.988. The van der Waals surface area contributed by atoms with Crippen LogP contribution in [0.15, 0.2) is 6.20 Å². The number of carbonyl (C=O) groups excluding carboxylic acids is 1. The smallest absolute Gasteiger partial charge is 0.236 e. The lowest BCUT2D eigenvalue weighted by Gasteiger charge is -2.27. The molecule has 82 valence electrons. The summed E-state index contributed by atoms with van der Waals surface area (Å²) in [6, 6.07) is -0.0244. The van der Waals surface area contributed by atoms with E-state index < -0.39 is 0 Å². The predicted octanol–water partition coefficient (Wildman–Crippen LogP) is -0.122. The van der Waals surface area contributed by atoms with Gasteiger partial charge in [-0.2, -0.15) is 0 Å². The fourth-order valence-corrected chi connectivity index (χ4v) is 1.74. The Morgan fingerprint density at radius 1 is 1.60 bits per heavy atom. The molecule has 1 fully saturated rings. The molecule has 15 heavy (non-hydrogen) atoms. The van der Waals surface area contributed by atoms with Crippen LogP contribution in [0.3, 0.4) is 0 Å². The molecule has 0 spiro atoms. The maximum atomic E-state index is 11.2. The number of nitrogens with one attached hydrogen (secondary N) is 2. The minimum absolute atomic E-state index is 0.0545. The summed E-state index contributed by atoms with van der Waals surface area (Å²) in [5.74, 6) is 1.04. The number of hydrogen-bond acceptors (Lipinski definition) is 3. The molecule has 2 heterocycles. The van der Waals surface area contributed by atoms with E-state index in [1.807, 2.05) is 31.7 Å². The van der Waals surface area contributed by atoms with E-state index in [-0.39, 0.29) is 18.0 Å². The molecule has 1 amide bonds. The molecule has 1 aliphatic rings. The fraction of sp³-hybridized carbons (Fsp3) is 0.600. The minimum Gasteiger partial charge on any atom is -0.353 e. The number of amides is 1. The Balaban J connectivity index is 2.15. The van der Waals surface area contributed by atoms with Gasteiger partial charge in [-0.25, -0.2) is 4.98 Å². The van der Waals surface area contributed by atoms with E-state index in [9.17, 15) is 4.79 Å². The number of hydrogen-bond donors (Lipinski definition) is 2. The second kappa shape index (κ2) is 3.66. The molecule has 2 rings (SSSR count). The zero-order valence-corrected chi connectivity index (χ0v) is 9.24. The van der Waals surface area contributed by atoms with Crippen molar-refractivity contribution in [2.45, 2.75) is 25.9 Å². The van der Waals surface area contributed by atoms with Gasteiger partial charge in [0.15, 0.2) is 0 Å². The highest BCUT2D eigenvalue weighted by atomic mass is 16.2. The van der Waals surface area contributed by atoms with Crippen molar-refractivity contribution in [3.05, 3.63) is 17.7 Å². The number of rotatable bonds is 1. The van der Waals surface area contributed by atoms with Crippen LogP contribution in [-0.4, -0.2) is 28.0 Å². The fourth-order valence-electron chi connectivity index (χ4n) is 1.74. The zero-order chi connectivity index (χ0) is 11.0. The van der Waals surface area contributed by atoms with E-state index in [2.05, 4.69) is 15.6 Å². The van der Waals surface area contributed by atoms with Crippen LogP contribution in [0.1, 0.15) is 24.5 Å². The van der Waals surface area contributed by atoms with Gasteiger partial charge in [0.1, 0.15) is 5.82 Å². The Kier molecular flexibility index (Phi) is 2.48. The van der Waals surface area contributed by atoms with Crippen molar-refractivity contribution in [2.75, 3.05) is 6.54 Å². The van der Waals surface area contributed by atoms with Crippen LogP contribution >= 0.6 is 0 Å². The number of aryl methyl sites for hydroxylation is 2. The highest BCUT2D eigenvalue weighted by Crippen LogP contribution is 2.14. The van der Waals surface area contributed by atoms with Gasteiger partial charge in [0, 0.05) is 19.8 Å². The summed E-state index contributed by atoms with van der Waals surface area (Å²) >= 11 is 0. The minimum atomic E-state index is -0.147. The SMILES string of the molecule is Cc1nc(C2CNC(=O)C(C)N2)cn1C. The Labute approximate surface area is 88.9 Å². The number of nitrogens with zero attached hydrogens (tertiary/aromatic N) is 2. The van der Waals surface area contributed by atoms with Crippen LogP contribution in [0.4, 0.5) is 0 Å². The number of aromatic nitrogens is 2. The predicted molar refractivity (Wildman–Crippen MR) is 56.3 cm³/mol. The molecule has 2 N–H and O–H groups in total. The van der Waals surface area contributed by atoms with E-state index in [1.165, 1.54) is 0 Å². The molecular weight excluding hydrogens is 192 g/mol. The summed E-state index contributed by atoms with van der Waals surface area (Å²) in [4.78, 5) is 15.7. The first-order valence-electron chi connectivity index (χ1n) is 5.11. The van der Waals surface area contributed by atoms with E-state index in [4.69, 9.17) is 0 Å². The first-order valence-corrected chi connectivity index (χ1v) is 5.11. The maximum Gasteiger partial charge on any atom is 0.236 e. The second-order valence-electron chi connectivity index (χ2n) is 4.01. The van der Waals surface area contributed by atoms with Crippen molar-refractivity contribution >= 4 is 5.91 Å². The number of piperazine rings is 1. The zero-order valence-electron chi connectivity index (χ0n) is 9.24. The van der Waals surface area contributed by atoms with Crippen LogP contribution in [0.5, 0.6) is 0 Å². The van der Waals surface area contributed by atoms with Gasteiger partial charge in [0.05, 0.1) is 17.8 Å². The van der Waals surface area contributed by atoms with Crippen molar-refractivity contribution < 1.29 is 4.79 Å². The van der Waals surface area contributed by atoms with Gasteiger partial charge in [-0.1, -0.05) is 0 Å². The lowest BCUT2D eigenvalue weighted by Crippen LogP contribution is -2.53. The van der Waals surface area contributed by atoms with Crippen LogP contribution < -0.4 is 10.6 Å². The van der Waals surface area contributed by atoms with Crippen LogP contribution in [0.2, 0.25) is 0 Å². The monoisotopic (exact) mass is 208 g/mol. The van der Waals surface area contributed by atoms with Crippen LogP contribution in [0, 0.1) is 6.92 Å². The third-order valence-corrected chi connectivity index (χ3v) is 2.81. The molecule has 1 aliphatic heterocycles. The Bertz CT molecular complexity index is 365. The molecule has 2 atom stereocenters. The Morgan fingerprint density at radius 2 is 2.33 bits per heavy atom. The van der Waals surface area contributed by atoms with Crippen LogP contribution in [0.25, 0.3) is 0 Å². The van der Waals surface area contributed by atoms with E-state index in [0.717, 1.165) is 11.5 Å². The Hall–Kier alpha value is -1.36. The normalized spacial score (nSPS) is 26.5. The van der Waals surface area contributed by atoms with Gasteiger partial charge < -0.3 is 9.88 Å². The van der Waals surface area contributed by atoms with Gasteiger partial charge in [0.25, 0.3) is 0 Å². The molecule has 0 radical (unpaired) electrons. The summed E-state index contributed by atoms with van der Waals surface area (Å²) in [6.45, 7) is 4.44. The summed E-state index contributed by atoms with van der Waals surface area (Å²) in [7, 11) is 1.97.